The average Bonchev–Trinajstić information content (AvgIpc) is 3.08. The standard InChI is InChI=1S/C46H90O2/c1-4-6-8-9-10-11-12-13-14-15-16-17-21-24-27-30-33-36-40-44-48-46(47)43-39-35-32-29-26-23-20-18-19-22-25-28-31-34-38-42-45(3)41-37-7-5-2/h31,34,45H,4-30,32-33,35-44H2,1-3H3. The first-order chi connectivity index (χ1) is 23.7. The van der Waals surface area contributed by atoms with Crippen molar-refractivity contribution in [2.24, 2.45) is 5.92 Å². The summed E-state index contributed by atoms with van der Waals surface area (Å²) in [5, 5.41) is 0. The van der Waals surface area contributed by atoms with Gasteiger partial charge in [-0.05, 0) is 44.4 Å². The summed E-state index contributed by atoms with van der Waals surface area (Å²) in [6.07, 6.45) is 55.9. The number of rotatable bonds is 41. The van der Waals surface area contributed by atoms with Crippen LogP contribution in [0.15, 0.2) is 12.2 Å². The maximum absolute atomic E-state index is 12.0. The molecule has 0 spiro atoms. The van der Waals surface area contributed by atoms with Gasteiger partial charge in [0, 0.05) is 6.42 Å². The van der Waals surface area contributed by atoms with Gasteiger partial charge in [-0.3, -0.25) is 4.79 Å². The Morgan fingerprint density at radius 1 is 0.417 bits per heavy atom. The molecule has 0 aliphatic rings. The summed E-state index contributed by atoms with van der Waals surface area (Å²) in [7, 11) is 0. The fourth-order valence-electron chi connectivity index (χ4n) is 7.06. The van der Waals surface area contributed by atoms with Gasteiger partial charge in [0.2, 0.25) is 0 Å². The van der Waals surface area contributed by atoms with Crippen LogP contribution in [-0.4, -0.2) is 12.6 Å². The van der Waals surface area contributed by atoms with Crippen LogP contribution in [0.1, 0.15) is 265 Å². The third kappa shape index (κ3) is 41.4. The van der Waals surface area contributed by atoms with E-state index in [1.807, 2.05) is 0 Å². The SMILES string of the molecule is CCCCCCCCCCCCCCCCCCCCCOC(=O)CCCCCCCCCCCCCC=CCCC(C)CCCCC. The molecule has 0 amide bonds. The predicted octanol–water partition coefficient (Wildman–Crippen LogP) is 16.6. The van der Waals surface area contributed by atoms with Crippen LogP contribution in [0.2, 0.25) is 0 Å². The van der Waals surface area contributed by atoms with Crippen LogP contribution in [0.5, 0.6) is 0 Å². The number of carbonyl (C=O) groups excluding carboxylic acids is 1. The van der Waals surface area contributed by atoms with Crippen molar-refractivity contribution in [2.45, 2.75) is 265 Å². The van der Waals surface area contributed by atoms with Gasteiger partial charge in [0.05, 0.1) is 6.61 Å². The Morgan fingerprint density at radius 2 is 0.771 bits per heavy atom. The minimum absolute atomic E-state index is 0.0281. The van der Waals surface area contributed by atoms with Gasteiger partial charge in [-0.25, -0.2) is 0 Å². The van der Waals surface area contributed by atoms with Crippen molar-refractivity contribution in [1.29, 1.82) is 0 Å². The van der Waals surface area contributed by atoms with E-state index >= 15 is 0 Å². The lowest BCUT2D eigenvalue weighted by molar-refractivity contribution is -0.143. The molecule has 0 aromatic carbocycles. The van der Waals surface area contributed by atoms with E-state index in [0.29, 0.717) is 13.0 Å². The Balaban J connectivity index is 3.20. The third-order valence-electron chi connectivity index (χ3n) is 10.6. The minimum atomic E-state index is 0.0281. The summed E-state index contributed by atoms with van der Waals surface area (Å²) in [5.41, 5.74) is 0. The van der Waals surface area contributed by atoms with Gasteiger partial charge in [-0.2, -0.15) is 0 Å². The number of allylic oxidation sites excluding steroid dienone is 2. The molecule has 0 aromatic rings. The van der Waals surface area contributed by atoms with E-state index in [1.165, 1.54) is 225 Å². The second-order valence-electron chi connectivity index (χ2n) is 15.7. The van der Waals surface area contributed by atoms with E-state index in [0.717, 1.165) is 18.8 Å². The van der Waals surface area contributed by atoms with Crippen LogP contribution in [0.3, 0.4) is 0 Å². The molecule has 0 aliphatic heterocycles. The van der Waals surface area contributed by atoms with Crippen molar-refractivity contribution in [3.63, 3.8) is 0 Å². The molecule has 2 heteroatoms. The second kappa shape index (κ2) is 42.4. The lowest BCUT2D eigenvalue weighted by Crippen LogP contribution is -2.05. The van der Waals surface area contributed by atoms with Gasteiger partial charge in [-0.15, -0.1) is 0 Å². The van der Waals surface area contributed by atoms with E-state index in [9.17, 15) is 4.79 Å². The molecule has 0 N–H and O–H groups in total. The van der Waals surface area contributed by atoms with Gasteiger partial charge in [-0.1, -0.05) is 232 Å². The molecule has 0 aromatic heterocycles. The Morgan fingerprint density at radius 3 is 1.23 bits per heavy atom. The summed E-state index contributed by atoms with van der Waals surface area (Å²) in [4.78, 5) is 12.0. The van der Waals surface area contributed by atoms with Crippen LogP contribution in [0, 0.1) is 5.92 Å². The van der Waals surface area contributed by atoms with E-state index < -0.39 is 0 Å². The Labute approximate surface area is 304 Å². The average molecular weight is 675 g/mol. The van der Waals surface area contributed by atoms with Gasteiger partial charge in [0.15, 0.2) is 0 Å². The molecule has 286 valence electrons. The first-order valence-electron chi connectivity index (χ1n) is 22.5. The van der Waals surface area contributed by atoms with Gasteiger partial charge >= 0.3 is 5.97 Å². The summed E-state index contributed by atoms with van der Waals surface area (Å²) >= 11 is 0. The third-order valence-corrected chi connectivity index (χ3v) is 10.6. The summed E-state index contributed by atoms with van der Waals surface area (Å²) in [6, 6.07) is 0. The quantitative estimate of drug-likeness (QED) is 0.0366. The van der Waals surface area contributed by atoms with Crippen LogP contribution in [0.4, 0.5) is 0 Å². The normalized spacial score (nSPS) is 12.3. The van der Waals surface area contributed by atoms with Gasteiger partial charge < -0.3 is 4.74 Å². The van der Waals surface area contributed by atoms with Gasteiger partial charge in [0.25, 0.3) is 0 Å². The molecule has 0 fully saturated rings. The number of hydrogen-bond donors (Lipinski definition) is 0. The van der Waals surface area contributed by atoms with Crippen molar-refractivity contribution < 1.29 is 9.53 Å². The molecular formula is C46H90O2. The molecule has 1 atom stereocenters. The fraction of sp³-hybridized carbons (Fsp3) is 0.935. The number of hydrogen-bond acceptors (Lipinski definition) is 2. The lowest BCUT2D eigenvalue weighted by Gasteiger charge is -2.08. The zero-order valence-electron chi connectivity index (χ0n) is 33.6. The van der Waals surface area contributed by atoms with Crippen molar-refractivity contribution in [3.8, 4) is 0 Å². The molecule has 0 radical (unpaired) electrons. The van der Waals surface area contributed by atoms with Crippen LogP contribution in [-0.2, 0) is 9.53 Å². The van der Waals surface area contributed by atoms with Gasteiger partial charge in [0.1, 0.15) is 0 Å². The Hall–Kier alpha value is -0.790. The van der Waals surface area contributed by atoms with Crippen LogP contribution in [0.25, 0.3) is 0 Å². The van der Waals surface area contributed by atoms with E-state index in [2.05, 4.69) is 32.9 Å². The largest absolute Gasteiger partial charge is 0.466 e. The highest BCUT2D eigenvalue weighted by atomic mass is 16.5. The van der Waals surface area contributed by atoms with Crippen molar-refractivity contribution in [2.75, 3.05) is 6.61 Å². The highest BCUT2D eigenvalue weighted by molar-refractivity contribution is 5.69. The number of unbranched alkanes of at least 4 members (excludes halogenated alkanes) is 31. The number of ether oxygens (including phenoxy) is 1. The summed E-state index contributed by atoms with van der Waals surface area (Å²) in [6.45, 7) is 7.65. The maximum Gasteiger partial charge on any atom is 0.305 e. The van der Waals surface area contributed by atoms with E-state index in [1.54, 1.807) is 0 Å². The zero-order valence-corrected chi connectivity index (χ0v) is 33.6. The maximum atomic E-state index is 12.0. The highest BCUT2D eigenvalue weighted by Crippen LogP contribution is 2.17. The number of esters is 1. The molecule has 0 saturated carbocycles. The summed E-state index contributed by atoms with van der Waals surface area (Å²) < 4.78 is 5.48. The monoisotopic (exact) mass is 675 g/mol. The molecule has 48 heavy (non-hydrogen) atoms. The molecule has 0 saturated heterocycles. The molecule has 1 unspecified atom stereocenters. The Bertz CT molecular complexity index is 626. The summed E-state index contributed by atoms with van der Waals surface area (Å²) in [5.74, 6) is 0.924. The first-order valence-corrected chi connectivity index (χ1v) is 22.5. The molecule has 0 aliphatic carbocycles. The lowest BCUT2D eigenvalue weighted by atomic mass is 9.98. The Kier molecular flexibility index (Phi) is 41.7. The molecule has 0 rings (SSSR count). The fourth-order valence-corrected chi connectivity index (χ4v) is 7.06. The van der Waals surface area contributed by atoms with Crippen molar-refractivity contribution in [1.82, 2.24) is 0 Å². The molecule has 0 heterocycles. The van der Waals surface area contributed by atoms with Crippen molar-refractivity contribution >= 4 is 5.97 Å². The second-order valence-corrected chi connectivity index (χ2v) is 15.7. The number of carbonyl (C=O) groups is 1. The zero-order chi connectivity index (χ0) is 34.9. The topological polar surface area (TPSA) is 26.3 Å². The van der Waals surface area contributed by atoms with E-state index in [-0.39, 0.29) is 5.97 Å². The minimum Gasteiger partial charge on any atom is -0.466 e. The highest BCUT2D eigenvalue weighted by Gasteiger charge is 2.03. The van der Waals surface area contributed by atoms with Crippen LogP contribution < -0.4 is 0 Å². The first kappa shape index (κ1) is 47.2. The van der Waals surface area contributed by atoms with Crippen LogP contribution >= 0.6 is 0 Å². The molecule has 0 bridgehead atoms. The predicted molar refractivity (Wildman–Crippen MR) is 216 cm³/mol. The van der Waals surface area contributed by atoms with Crippen molar-refractivity contribution in [3.05, 3.63) is 12.2 Å². The smallest absolute Gasteiger partial charge is 0.305 e. The molecule has 2 nitrogen and oxygen atoms in total. The molecular weight excluding hydrogens is 585 g/mol. The van der Waals surface area contributed by atoms with E-state index in [4.69, 9.17) is 4.74 Å².